The largest absolute Gasteiger partial charge is 0.444 e. The molecule has 0 aliphatic carbocycles. The second kappa shape index (κ2) is 9.32. The van der Waals surface area contributed by atoms with E-state index in [-0.39, 0.29) is 24.2 Å². The SMILES string of the molecule is CC(C)(C)OC(=O)N1CC[C@H](N(Cc2cc(F)ccc2C(F)(F)F)C2CCOCC2)C1. The van der Waals surface area contributed by atoms with E-state index in [1.165, 1.54) is 0 Å². The standard InChI is InChI=1S/C22H30F4N2O3/c1-21(2,3)31-20(29)27-9-6-18(14-27)28(17-7-10-30-11-8-17)13-15-12-16(23)4-5-19(15)22(24,25)26/h4-5,12,17-18H,6-11,13-14H2,1-3H3/t18-/m0/s1. The lowest BCUT2D eigenvalue weighted by Crippen LogP contribution is -2.47. The van der Waals surface area contributed by atoms with Crippen LogP contribution in [0.2, 0.25) is 0 Å². The van der Waals surface area contributed by atoms with Crippen molar-refractivity contribution in [3.05, 3.63) is 35.1 Å². The summed E-state index contributed by atoms with van der Waals surface area (Å²) in [5.41, 5.74) is -1.54. The molecule has 31 heavy (non-hydrogen) atoms. The van der Waals surface area contributed by atoms with Crippen LogP contribution in [0.4, 0.5) is 22.4 Å². The minimum atomic E-state index is -4.57. The fourth-order valence-electron chi connectivity index (χ4n) is 4.24. The van der Waals surface area contributed by atoms with Crippen LogP contribution in [0.5, 0.6) is 0 Å². The smallest absolute Gasteiger partial charge is 0.416 e. The molecule has 0 radical (unpaired) electrons. The molecule has 3 rings (SSSR count). The second-order valence-corrected chi connectivity index (χ2v) is 9.18. The first-order valence-corrected chi connectivity index (χ1v) is 10.6. The molecule has 2 aliphatic heterocycles. The van der Waals surface area contributed by atoms with Crippen molar-refractivity contribution < 1.29 is 31.8 Å². The van der Waals surface area contributed by atoms with Gasteiger partial charge in [-0.1, -0.05) is 0 Å². The van der Waals surface area contributed by atoms with Crippen molar-refractivity contribution in [3.63, 3.8) is 0 Å². The maximum Gasteiger partial charge on any atom is 0.416 e. The first-order chi connectivity index (χ1) is 14.4. The number of likely N-dealkylation sites (tertiary alicyclic amines) is 1. The highest BCUT2D eigenvalue weighted by molar-refractivity contribution is 5.68. The summed E-state index contributed by atoms with van der Waals surface area (Å²) in [4.78, 5) is 16.1. The number of amides is 1. The first kappa shape index (κ1) is 23.8. The average Bonchev–Trinajstić information content (AvgIpc) is 3.14. The molecule has 1 atom stereocenters. The van der Waals surface area contributed by atoms with Gasteiger partial charge in [0.2, 0.25) is 0 Å². The van der Waals surface area contributed by atoms with Gasteiger partial charge in [-0.05, 0) is 63.8 Å². The van der Waals surface area contributed by atoms with Crippen LogP contribution in [-0.2, 0) is 22.2 Å². The highest BCUT2D eigenvalue weighted by Gasteiger charge is 2.39. The van der Waals surface area contributed by atoms with E-state index in [0.29, 0.717) is 45.6 Å². The van der Waals surface area contributed by atoms with E-state index >= 15 is 0 Å². The number of hydrogen-bond acceptors (Lipinski definition) is 4. The molecule has 9 heteroatoms. The Morgan fingerprint density at radius 1 is 1.16 bits per heavy atom. The number of carbonyl (C=O) groups is 1. The molecule has 2 heterocycles. The summed E-state index contributed by atoms with van der Waals surface area (Å²) in [6.07, 6.45) is -3.02. The average molecular weight is 446 g/mol. The van der Waals surface area contributed by atoms with E-state index in [9.17, 15) is 22.4 Å². The molecule has 2 saturated heterocycles. The first-order valence-electron chi connectivity index (χ1n) is 10.6. The van der Waals surface area contributed by atoms with Gasteiger partial charge in [0.15, 0.2) is 0 Å². The van der Waals surface area contributed by atoms with Crippen molar-refractivity contribution in [2.45, 2.75) is 70.4 Å². The van der Waals surface area contributed by atoms with Gasteiger partial charge in [-0.15, -0.1) is 0 Å². The molecule has 1 aromatic rings. The maximum absolute atomic E-state index is 13.9. The molecule has 174 valence electrons. The Bertz CT molecular complexity index is 773. The van der Waals surface area contributed by atoms with Crippen molar-refractivity contribution in [1.29, 1.82) is 0 Å². The molecule has 5 nitrogen and oxygen atoms in total. The summed E-state index contributed by atoms with van der Waals surface area (Å²) in [6.45, 7) is 7.21. The molecule has 0 aromatic heterocycles. The fraction of sp³-hybridized carbons (Fsp3) is 0.682. The van der Waals surface area contributed by atoms with Gasteiger partial charge in [-0.3, -0.25) is 4.90 Å². The number of ether oxygens (including phenoxy) is 2. The van der Waals surface area contributed by atoms with E-state index < -0.39 is 29.3 Å². The Balaban J connectivity index is 1.82. The quantitative estimate of drug-likeness (QED) is 0.621. The Kier molecular flexibility index (Phi) is 7.15. The monoisotopic (exact) mass is 446 g/mol. The van der Waals surface area contributed by atoms with Gasteiger partial charge in [0.05, 0.1) is 5.56 Å². The summed E-state index contributed by atoms with van der Waals surface area (Å²) in [5, 5.41) is 0. The lowest BCUT2D eigenvalue weighted by Gasteiger charge is -2.39. The third-order valence-electron chi connectivity index (χ3n) is 5.67. The van der Waals surface area contributed by atoms with Crippen LogP contribution in [-0.4, -0.2) is 59.9 Å². The topological polar surface area (TPSA) is 42.0 Å². The lowest BCUT2D eigenvalue weighted by molar-refractivity contribution is -0.138. The Hall–Kier alpha value is -1.87. The number of alkyl halides is 3. The minimum absolute atomic E-state index is 0.00156. The van der Waals surface area contributed by atoms with Gasteiger partial charge in [0.1, 0.15) is 11.4 Å². The molecule has 1 amide bonds. The van der Waals surface area contributed by atoms with E-state index in [1.807, 2.05) is 4.90 Å². The molecule has 0 bridgehead atoms. The van der Waals surface area contributed by atoms with Crippen LogP contribution >= 0.6 is 0 Å². The summed E-state index contributed by atoms with van der Waals surface area (Å²) in [7, 11) is 0. The highest BCUT2D eigenvalue weighted by Crippen LogP contribution is 2.35. The zero-order valence-corrected chi connectivity index (χ0v) is 18.2. The lowest BCUT2D eigenvalue weighted by atomic mass is 10.00. The van der Waals surface area contributed by atoms with Crippen molar-refractivity contribution in [2.75, 3.05) is 26.3 Å². The molecule has 2 fully saturated rings. The van der Waals surface area contributed by atoms with E-state index in [0.717, 1.165) is 18.2 Å². The number of rotatable bonds is 4. The summed E-state index contributed by atoms with van der Waals surface area (Å²) >= 11 is 0. The van der Waals surface area contributed by atoms with Gasteiger partial charge in [0.25, 0.3) is 0 Å². The van der Waals surface area contributed by atoms with Crippen LogP contribution in [0, 0.1) is 5.82 Å². The number of halogens is 4. The van der Waals surface area contributed by atoms with Crippen molar-refractivity contribution >= 4 is 6.09 Å². The normalized spacial score (nSPS) is 21.0. The maximum atomic E-state index is 13.9. The predicted molar refractivity (Wildman–Crippen MR) is 107 cm³/mol. The van der Waals surface area contributed by atoms with Crippen LogP contribution < -0.4 is 0 Å². The molecular weight excluding hydrogens is 416 g/mol. The van der Waals surface area contributed by atoms with E-state index in [4.69, 9.17) is 9.47 Å². The minimum Gasteiger partial charge on any atom is -0.444 e. The van der Waals surface area contributed by atoms with E-state index in [1.54, 1.807) is 25.7 Å². The third kappa shape index (κ3) is 6.32. The predicted octanol–water partition coefficient (Wildman–Crippen LogP) is 4.83. The number of hydrogen-bond donors (Lipinski definition) is 0. The second-order valence-electron chi connectivity index (χ2n) is 9.18. The fourth-order valence-corrected chi connectivity index (χ4v) is 4.24. The molecule has 0 saturated carbocycles. The molecular formula is C22H30F4N2O3. The van der Waals surface area contributed by atoms with Crippen LogP contribution in [0.3, 0.4) is 0 Å². The number of benzene rings is 1. The van der Waals surface area contributed by atoms with Crippen molar-refractivity contribution in [1.82, 2.24) is 9.80 Å². The zero-order valence-electron chi connectivity index (χ0n) is 18.2. The summed E-state index contributed by atoms with van der Waals surface area (Å²) in [5.74, 6) is -0.697. The molecule has 0 unspecified atom stereocenters. The van der Waals surface area contributed by atoms with Crippen LogP contribution in [0.25, 0.3) is 0 Å². The molecule has 0 N–H and O–H groups in total. The van der Waals surface area contributed by atoms with Gasteiger partial charge in [-0.25, -0.2) is 9.18 Å². The van der Waals surface area contributed by atoms with Crippen molar-refractivity contribution in [2.24, 2.45) is 0 Å². The van der Waals surface area contributed by atoms with E-state index in [2.05, 4.69) is 0 Å². The summed E-state index contributed by atoms with van der Waals surface area (Å²) in [6, 6.07) is 2.47. The zero-order chi connectivity index (χ0) is 22.8. The summed E-state index contributed by atoms with van der Waals surface area (Å²) < 4.78 is 65.4. The molecule has 1 aromatic carbocycles. The van der Waals surface area contributed by atoms with Crippen LogP contribution in [0.15, 0.2) is 18.2 Å². The highest BCUT2D eigenvalue weighted by atomic mass is 19.4. The van der Waals surface area contributed by atoms with Crippen LogP contribution in [0.1, 0.15) is 51.2 Å². The van der Waals surface area contributed by atoms with Gasteiger partial charge >= 0.3 is 12.3 Å². The van der Waals surface area contributed by atoms with Gasteiger partial charge < -0.3 is 14.4 Å². The number of nitrogens with zero attached hydrogens (tertiary/aromatic N) is 2. The van der Waals surface area contributed by atoms with Crippen molar-refractivity contribution in [3.8, 4) is 0 Å². The Morgan fingerprint density at radius 2 is 1.84 bits per heavy atom. The number of carbonyl (C=O) groups excluding carboxylic acids is 1. The van der Waals surface area contributed by atoms with Gasteiger partial charge in [0, 0.05) is 44.9 Å². The molecule has 0 spiro atoms. The Morgan fingerprint density at radius 3 is 2.45 bits per heavy atom. The molecule has 2 aliphatic rings. The Labute approximate surface area is 180 Å². The third-order valence-corrected chi connectivity index (χ3v) is 5.67. The van der Waals surface area contributed by atoms with Gasteiger partial charge in [-0.2, -0.15) is 13.2 Å².